The molecule has 0 spiro atoms. The summed E-state index contributed by atoms with van der Waals surface area (Å²) in [6, 6.07) is 5.72. The molecule has 1 aliphatic heterocycles. The van der Waals surface area contributed by atoms with Crippen LogP contribution < -0.4 is 0 Å². The minimum absolute atomic E-state index is 0.0486. The summed E-state index contributed by atoms with van der Waals surface area (Å²) in [5.41, 5.74) is 0.623. The number of benzene rings is 1. The lowest BCUT2D eigenvalue weighted by Crippen LogP contribution is -2.58. The summed E-state index contributed by atoms with van der Waals surface area (Å²) in [4.78, 5) is 10.1. The summed E-state index contributed by atoms with van der Waals surface area (Å²) < 4.78 is 5.37. The average molecular weight is 299 g/mol. The molecule has 0 bridgehead atoms. The van der Waals surface area contributed by atoms with Gasteiger partial charge in [0.1, 0.15) is 24.4 Å². The number of aliphatic hydroxyl groups excluding tert-OH is 4. The molecule has 0 saturated carbocycles. The quantitative estimate of drug-likeness (QED) is 0.413. The molecule has 21 heavy (non-hydrogen) atoms. The van der Waals surface area contributed by atoms with Crippen LogP contribution in [0.1, 0.15) is 5.56 Å². The molecule has 0 radical (unpaired) electrons. The van der Waals surface area contributed by atoms with Gasteiger partial charge >= 0.3 is 0 Å². The largest absolute Gasteiger partial charge is 0.394 e. The second kappa shape index (κ2) is 6.46. The van der Waals surface area contributed by atoms with E-state index in [1.165, 1.54) is 24.3 Å². The van der Waals surface area contributed by atoms with Gasteiger partial charge in [0.2, 0.25) is 0 Å². The van der Waals surface area contributed by atoms with Crippen molar-refractivity contribution in [3.63, 3.8) is 0 Å². The van der Waals surface area contributed by atoms with E-state index >= 15 is 0 Å². The summed E-state index contributed by atoms with van der Waals surface area (Å²) in [5.74, 6) is 0. The minimum atomic E-state index is -1.42. The summed E-state index contributed by atoms with van der Waals surface area (Å²) in [6.07, 6.45) is -5.69. The normalized spacial score (nSPS) is 32.9. The Morgan fingerprint density at radius 3 is 2.14 bits per heavy atom. The van der Waals surface area contributed by atoms with Crippen molar-refractivity contribution in [2.24, 2.45) is 0 Å². The third kappa shape index (κ3) is 3.36. The highest BCUT2D eigenvalue weighted by Crippen LogP contribution is 2.24. The van der Waals surface area contributed by atoms with Crippen molar-refractivity contribution in [1.29, 1.82) is 0 Å². The van der Waals surface area contributed by atoms with Crippen LogP contribution in [0.15, 0.2) is 24.3 Å². The molecule has 0 aliphatic carbocycles. The van der Waals surface area contributed by atoms with Gasteiger partial charge in [0.25, 0.3) is 5.69 Å². The van der Waals surface area contributed by atoms with Gasteiger partial charge in [-0.15, -0.1) is 0 Å². The van der Waals surface area contributed by atoms with E-state index in [9.17, 15) is 25.4 Å². The van der Waals surface area contributed by atoms with E-state index in [0.717, 1.165) is 0 Å². The monoisotopic (exact) mass is 299 g/mol. The van der Waals surface area contributed by atoms with Crippen molar-refractivity contribution in [1.82, 2.24) is 0 Å². The second-order valence-electron chi connectivity index (χ2n) is 5.00. The Labute approximate surface area is 120 Å². The predicted octanol–water partition coefficient (Wildman–Crippen LogP) is -1.02. The van der Waals surface area contributed by atoms with Crippen LogP contribution in [0.25, 0.3) is 0 Å². The van der Waals surface area contributed by atoms with Gasteiger partial charge in [-0.1, -0.05) is 12.1 Å². The zero-order chi connectivity index (χ0) is 15.6. The van der Waals surface area contributed by atoms with Crippen molar-refractivity contribution in [2.45, 2.75) is 36.9 Å². The molecule has 8 nitrogen and oxygen atoms in total. The number of nitrogens with zero attached hydrogens (tertiary/aromatic N) is 1. The molecule has 1 aliphatic rings. The molecule has 4 N–H and O–H groups in total. The van der Waals surface area contributed by atoms with Crippen LogP contribution in [0.2, 0.25) is 0 Å². The van der Waals surface area contributed by atoms with Gasteiger partial charge in [-0.3, -0.25) is 10.1 Å². The number of aliphatic hydroxyl groups is 4. The molecule has 1 aromatic rings. The fraction of sp³-hybridized carbons (Fsp3) is 0.538. The van der Waals surface area contributed by atoms with Crippen LogP contribution >= 0.6 is 0 Å². The molecular formula is C13H17NO7. The summed E-state index contributed by atoms with van der Waals surface area (Å²) in [7, 11) is 0. The van der Waals surface area contributed by atoms with E-state index < -0.39 is 42.1 Å². The van der Waals surface area contributed by atoms with Crippen LogP contribution in [-0.2, 0) is 11.2 Å². The number of rotatable bonds is 4. The number of ether oxygens (including phenoxy) is 1. The number of hydrogen-bond acceptors (Lipinski definition) is 7. The molecule has 2 unspecified atom stereocenters. The Kier molecular flexibility index (Phi) is 4.86. The van der Waals surface area contributed by atoms with Gasteiger partial charge in [0.05, 0.1) is 17.6 Å². The third-order valence-corrected chi connectivity index (χ3v) is 3.58. The number of hydrogen-bond donors (Lipinski definition) is 4. The molecule has 1 aromatic carbocycles. The SMILES string of the molecule is O=[N+]([O-])c1ccc(C[C@@H]2OC(CO)[C@@H](O)[C@H](O)C2O)cc1. The van der Waals surface area contributed by atoms with Gasteiger partial charge in [-0.2, -0.15) is 0 Å². The van der Waals surface area contributed by atoms with E-state index in [1.807, 2.05) is 0 Å². The first-order valence-electron chi connectivity index (χ1n) is 6.48. The number of non-ortho nitro benzene ring substituents is 1. The van der Waals surface area contributed by atoms with Crippen LogP contribution in [0, 0.1) is 10.1 Å². The van der Waals surface area contributed by atoms with Crippen molar-refractivity contribution >= 4 is 5.69 Å². The molecule has 1 saturated heterocycles. The Balaban J connectivity index is 2.08. The highest BCUT2D eigenvalue weighted by atomic mass is 16.6. The first-order chi connectivity index (χ1) is 9.93. The fourth-order valence-corrected chi connectivity index (χ4v) is 2.33. The lowest BCUT2D eigenvalue weighted by atomic mass is 9.91. The lowest BCUT2D eigenvalue weighted by Gasteiger charge is -2.40. The zero-order valence-electron chi connectivity index (χ0n) is 11.1. The topological polar surface area (TPSA) is 133 Å². The van der Waals surface area contributed by atoms with E-state index in [2.05, 4.69) is 0 Å². The molecule has 1 heterocycles. The third-order valence-electron chi connectivity index (χ3n) is 3.58. The Morgan fingerprint density at radius 1 is 1.05 bits per heavy atom. The first-order valence-corrected chi connectivity index (χ1v) is 6.48. The molecule has 0 aromatic heterocycles. The molecular weight excluding hydrogens is 282 g/mol. The molecule has 5 atom stereocenters. The number of nitro benzene ring substituents is 1. The smallest absolute Gasteiger partial charge is 0.269 e. The molecule has 116 valence electrons. The van der Waals surface area contributed by atoms with Crippen LogP contribution in [0.3, 0.4) is 0 Å². The molecule has 8 heteroatoms. The van der Waals surface area contributed by atoms with Crippen LogP contribution in [-0.4, -0.2) is 62.5 Å². The lowest BCUT2D eigenvalue weighted by molar-refractivity contribution is -0.384. The van der Waals surface area contributed by atoms with Crippen molar-refractivity contribution in [3.8, 4) is 0 Å². The van der Waals surface area contributed by atoms with Crippen LogP contribution in [0.4, 0.5) is 5.69 Å². The summed E-state index contributed by atoms with van der Waals surface area (Å²) in [5, 5.41) is 48.9. The minimum Gasteiger partial charge on any atom is -0.394 e. The Bertz CT molecular complexity index is 490. The predicted molar refractivity (Wildman–Crippen MR) is 70.6 cm³/mol. The van der Waals surface area contributed by atoms with E-state index in [1.54, 1.807) is 0 Å². The fourth-order valence-electron chi connectivity index (χ4n) is 2.33. The van der Waals surface area contributed by atoms with Crippen molar-refractivity contribution < 1.29 is 30.1 Å². The Hall–Kier alpha value is -1.58. The van der Waals surface area contributed by atoms with Crippen LogP contribution in [0.5, 0.6) is 0 Å². The van der Waals surface area contributed by atoms with Gasteiger partial charge in [0.15, 0.2) is 0 Å². The first kappa shape index (κ1) is 15.8. The second-order valence-corrected chi connectivity index (χ2v) is 5.00. The maximum atomic E-state index is 10.6. The molecule has 0 amide bonds. The zero-order valence-corrected chi connectivity index (χ0v) is 11.1. The molecule has 2 rings (SSSR count). The average Bonchev–Trinajstić information content (AvgIpc) is 2.48. The highest BCUT2D eigenvalue weighted by Gasteiger charge is 2.43. The van der Waals surface area contributed by atoms with E-state index in [0.29, 0.717) is 5.56 Å². The summed E-state index contributed by atoms with van der Waals surface area (Å²) >= 11 is 0. The Morgan fingerprint density at radius 2 is 1.62 bits per heavy atom. The highest BCUT2D eigenvalue weighted by molar-refractivity contribution is 5.33. The maximum Gasteiger partial charge on any atom is 0.269 e. The van der Waals surface area contributed by atoms with Crippen molar-refractivity contribution in [3.05, 3.63) is 39.9 Å². The van der Waals surface area contributed by atoms with Gasteiger partial charge in [-0.25, -0.2) is 0 Å². The van der Waals surface area contributed by atoms with E-state index in [-0.39, 0.29) is 12.1 Å². The maximum absolute atomic E-state index is 10.6. The van der Waals surface area contributed by atoms with Gasteiger partial charge in [-0.05, 0) is 5.56 Å². The van der Waals surface area contributed by atoms with Gasteiger partial charge < -0.3 is 25.2 Å². The van der Waals surface area contributed by atoms with E-state index in [4.69, 9.17) is 9.84 Å². The standard InChI is InChI=1S/C13H17NO7/c15-6-10-12(17)13(18)11(16)9(21-10)5-7-1-3-8(4-2-7)14(19)20/h1-4,9-13,15-18H,5-6H2/t9-,10?,11?,12+,13+/m0/s1. The summed E-state index contributed by atoms with van der Waals surface area (Å²) in [6.45, 7) is -0.484. The van der Waals surface area contributed by atoms with Gasteiger partial charge in [0, 0.05) is 18.6 Å². The van der Waals surface area contributed by atoms with Crippen molar-refractivity contribution in [2.75, 3.05) is 6.61 Å². The number of nitro groups is 1. The molecule has 1 fully saturated rings.